The van der Waals surface area contributed by atoms with Crippen LogP contribution in [0.1, 0.15) is 11.5 Å². The molecule has 0 radical (unpaired) electrons. The molecule has 1 heterocycles. The van der Waals surface area contributed by atoms with Crippen LogP contribution in [0.4, 0.5) is 4.39 Å². The first-order chi connectivity index (χ1) is 6.72. The van der Waals surface area contributed by atoms with Gasteiger partial charge in [-0.1, -0.05) is 0 Å². The van der Waals surface area contributed by atoms with Crippen LogP contribution in [-0.4, -0.2) is 19.7 Å². The van der Waals surface area contributed by atoms with Crippen molar-refractivity contribution in [1.82, 2.24) is 0 Å². The molecule has 1 aromatic rings. The molecule has 3 nitrogen and oxygen atoms in total. The second kappa shape index (κ2) is 3.29. The molecule has 1 aliphatic heterocycles. The Labute approximate surface area is 80.4 Å². The Morgan fingerprint density at radius 2 is 2.43 bits per heavy atom. The highest BCUT2D eigenvalue weighted by Crippen LogP contribution is 2.34. The molecule has 14 heavy (non-hydrogen) atoms. The summed E-state index contributed by atoms with van der Waals surface area (Å²) >= 11 is 0. The minimum Gasteiger partial charge on any atom is -0.492 e. The number of fused-ring (bicyclic) bond motifs is 1. The number of carbonyl (C=O) groups is 1. The maximum atomic E-state index is 12.9. The molecule has 0 aromatic heterocycles. The molecule has 0 fully saturated rings. The number of halogens is 1. The van der Waals surface area contributed by atoms with E-state index in [1.165, 1.54) is 25.3 Å². The van der Waals surface area contributed by atoms with E-state index in [4.69, 9.17) is 4.74 Å². The van der Waals surface area contributed by atoms with E-state index in [-0.39, 0.29) is 12.4 Å². The first-order valence-corrected chi connectivity index (χ1v) is 4.22. The molecular formula is C10H9FO3. The summed E-state index contributed by atoms with van der Waals surface area (Å²) in [6.07, 6.45) is 0. The van der Waals surface area contributed by atoms with Gasteiger partial charge in [0.05, 0.1) is 7.11 Å². The predicted octanol–water partition coefficient (Wildman–Crippen LogP) is 1.47. The largest absolute Gasteiger partial charge is 0.492 e. The number of rotatable bonds is 1. The van der Waals surface area contributed by atoms with Crippen LogP contribution in [0.15, 0.2) is 18.2 Å². The highest BCUT2D eigenvalue weighted by Gasteiger charge is 2.31. The molecule has 0 saturated carbocycles. The van der Waals surface area contributed by atoms with E-state index in [0.29, 0.717) is 11.3 Å². The van der Waals surface area contributed by atoms with E-state index in [9.17, 15) is 9.18 Å². The minimum atomic E-state index is -0.495. The molecule has 0 aliphatic carbocycles. The average Bonchev–Trinajstić information content (AvgIpc) is 2.59. The Morgan fingerprint density at radius 1 is 1.64 bits per heavy atom. The van der Waals surface area contributed by atoms with Crippen LogP contribution in [0.2, 0.25) is 0 Å². The summed E-state index contributed by atoms with van der Waals surface area (Å²) in [5.41, 5.74) is 0.567. The lowest BCUT2D eigenvalue weighted by atomic mass is 10.0. The Morgan fingerprint density at radius 3 is 3.14 bits per heavy atom. The van der Waals surface area contributed by atoms with Crippen LogP contribution in [0.5, 0.6) is 5.75 Å². The molecule has 0 N–H and O–H groups in total. The Kier molecular flexibility index (Phi) is 2.11. The summed E-state index contributed by atoms with van der Waals surface area (Å²) in [6, 6.07) is 4.13. The minimum absolute atomic E-state index is 0.228. The highest BCUT2D eigenvalue weighted by molar-refractivity contribution is 5.80. The van der Waals surface area contributed by atoms with Crippen molar-refractivity contribution in [1.29, 1.82) is 0 Å². The van der Waals surface area contributed by atoms with Gasteiger partial charge in [-0.05, 0) is 18.2 Å². The monoisotopic (exact) mass is 196 g/mol. The second-order valence-corrected chi connectivity index (χ2v) is 3.07. The zero-order valence-electron chi connectivity index (χ0n) is 7.62. The molecule has 2 rings (SSSR count). The van der Waals surface area contributed by atoms with Crippen molar-refractivity contribution in [3.05, 3.63) is 29.6 Å². The number of hydrogen-bond acceptors (Lipinski definition) is 3. The average molecular weight is 196 g/mol. The van der Waals surface area contributed by atoms with Crippen molar-refractivity contribution in [3.8, 4) is 5.75 Å². The molecule has 1 aromatic carbocycles. The molecular weight excluding hydrogens is 187 g/mol. The topological polar surface area (TPSA) is 35.5 Å². The maximum absolute atomic E-state index is 12.9. The third kappa shape index (κ3) is 1.32. The lowest BCUT2D eigenvalue weighted by Crippen LogP contribution is -2.15. The Bertz CT molecular complexity index is 376. The van der Waals surface area contributed by atoms with Crippen molar-refractivity contribution >= 4 is 5.97 Å². The van der Waals surface area contributed by atoms with Crippen LogP contribution in [0, 0.1) is 5.82 Å². The molecule has 1 atom stereocenters. The Hall–Kier alpha value is -1.58. The van der Waals surface area contributed by atoms with E-state index >= 15 is 0 Å². The predicted molar refractivity (Wildman–Crippen MR) is 46.7 cm³/mol. The normalized spacial score (nSPS) is 18.6. The van der Waals surface area contributed by atoms with Crippen LogP contribution in [0.25, 0.3) is 0 Å². The third-order valence-corrected chi connectivity index (χ3v) is 2.24. The van der Waals surface area contributed by atoms with Gasteiger partial charge in [-0.2, -0.15) is 0 Å². The van der Waals surface area contributed by atoms with Crippen LogP contribution in [0.3, 0.4) is 0 Å². The van der Waals surface area contributed by atoms with E-state index in [0.717, 1.165) is 0 Å². The zero-order chi connectivity index (χ0) is 10.1. The lowest BCUT2D eigenvalue weighted by molar-refractivity contribution is -0.142. The zero-order valence-corrected chi connectivity index (χ0v) is 7.62. The first kappa shape index (κ1) is 8.99. The number of esters is 1. The molecule has 4 heteroatoms. The molecule has 0 spiro atoms. The smallest absolute Gasteiger partial charge is 0.316 e. The molecule has 1 aliphatic rings. The summed E-state index contributed by atoms with van der Waals surface area (Å²) in [5.74, 6) is -0.704. The summed E-state index contributed by atoms with van der Waals surface area (Å²) < 4.78 is 22.7. The SMILES string of the molecule is COC(=O)C1COc2ccc(F)cc21. The number of methoxy groups -OCH3 is 1. The van der Waals surface area contributed by atoms with Crippen LogP contribution in [-0.2, 0) is 9.53 Å². The summed E-state index contributed by atoms with van der Waals surface area (Å²) in [7, 11) is 1.31. The summed E-state index contributed by atoms with van der Waals surface area (Å²) in [6.45, 7) is 0.228. The Balaban J connectivity index is 2.38. The molecule has 0 bridgehead atoms. The highest BCUT2D eigenvalue weighted by atomic mass is 19.1. The van der Waals surface area contributed by atoms with E-state index < -0.39 is 11.9 Å². The molecule has 1 unspecified atom stereocenters. The van der Waals surface area contributed by atoms with Gasteiger partial charge in [-0.3, -0.25) is 4.79 Å². The van der Waals surface area contributed by atoms with Crippen molar-refractivity contribution in [2.75, 3.05) is 13.7 Å². The van der Waals surface area contributed by atoms with Crippen LogP contribution >= 0.6 is 0 Å². The fraction of sp³-hybridized carbons (Fsp3) is 0.300. The van der Waals surface area contributed by atoms with E-state index in [1.54, 1.807) is 0 Å². The van der Waals surface area contributed by atoms with Gasteiger partial charge < -0.3 is 9.47 Å². The number of hydrogen-bond donors (Lipinski definition) is 0. The fourth-order valence-corrected chi connectivity index (χ4v) is 1.52. The number of benzene rings is 1. The fourth-order valence-electron chi connectivity index (χ4n) is 1.52. The summed E-state index contributed by atoms with van der Waals surface area (Å²) in [5, 5.41) is 0. The number of ether oxygens (including phenoxy) is 2. The van der Waals surface area contributed by atoms with Gasteiger partial charge in [0.15, 0.2) is 0 Å². The van der Waals surface area contributed by atoms with Gasteiger partial charge in [0, 0.05) is 5.56 Å². The van der Waals surface area contributed by atoms with Crippen molar-refractivity contribution in [2.45, 2.75) is 5.92 Å². The van der Waals surface area contributed by atoms with Gasteiger partial charge in [0.1, 0.15) is 24.1 Å². The quantitative estimate of drug-likeness (QED) is 0.638. The van der Waals surface area contributed by atoms with Crippen molar-refractivity contribution < 1.29 is 18.7 Å². The van der Waals surface area contributed by atoms with E-state index in [2.05, 4.69) is 4.74 Å². The van der Waals surface area contributed by atoms with E-state index in [1.807, 2.05) is 0 Å². The third-order valence-electron chi connectivity index (χ3n) is 2.24. The maximum Gasteiger partial charge on any atom is 0.316 e. The van der Waals surface area contributed by atoms with Gasteiger partial charge in [0.25, 0.3) is 0 Å². The lowest BCUT2D eigenvalue weighted by Gasteiger charge is -2.05. The van der Waals surface area contributed by atoms with Crippen molar-refractivity contribution in [3.63, 3.8) is 0 Å². The van der Waals surface area contributed by atoms with Gasteiger partial charge in [-0.25, -0.2) is 4.39 Å². The molecule has 0 saturated heterocycles. The number of carbonyl (C=O) groups excluding carboxylic acids is 1. The summed E-state index contributed by atoms with van der Waals surface area (Å²) in [4.78, 5) is 11.3. The van der Waals surface area contributed by atoms with Gasteiger partial charge in [0.2, 0.25) is 0 Å². The molecule has 0 amide bonds. The van der Waals surface area contributed by atoms with Crippen LogP contribution < -0.4 is 4.74 Å². The standard InChI is InChI=1S/C10H9FO3/c1-13-10(12)8-5-14-9-3-2-6(11)4-7(8)9/h2-4,8H,5H2,1H3. The van der Waals surface area contributed by atoms with Gasteiger partial charge >= 0.3 is 5.97 Å². The van der Waals surface area contributed by atoms with Gasteiger partial charge in [-0.15, -0.1) is 0 Å². The second-order valence-electron chi connectivity index (χ2n) is 3.07. The first-order valence-electron chi connectivity index (χ1n) is 4.22. The molecule has 74 valence electrons. The van der Waals surface area contributed by atoms with Crippen molar-refractivity contribution in [2.24, 2.45) is 0 Å².